The van der Waals surface area contributed by atoms with Crippen molar-refractivity contribution in [3.63, 3.8) is 0 Å². The predicted octanol–water partition coefficient (Wildman–Crippen LogP) is 4.75. The van der Waals surface area contributed by atoms with Crippen molar-refractivity contribution in [3.8, 4) is 10.4 Å². The van der Waals surface area contributed by atoms with Crippen molar-refractivity contribution < 1.29 is 9.21 Å². The van der Waals surface area contributed by atoms with E-state index < -0.39 is 0 Å². The topological polar surface area (TPSA) is 68.0 Å². The zero-order valence-corrected chi connectivity index (χ0v) is 16.2. The van der Waals surface area contributed by atoms with Crippen LogP contribution in [0.2, 0.25) is 0 Å². The highest BCUT2D eigenvalue weighted by Gasteiger charge is 2.18. The lowest BCUT2D eigenvalue weighted by atomic mass is 10.2. The molecule has 5 nitrogen and oxygen atoms in total. The van der Waals surface area contributed by atoms with Gasteiger partial charge in [0, 0.05) is 10.3 Å². The van der Waals surface area contributed by atoms with Crippen LogP contribution in [0.5, 0.6) is 0 Å². The number of furan rings is 1. The Morgan fingerprint density at radius 3 is 2.85 bits per heavy atom. The number of thioether (sulfide) groups is 1. The molecule has 0 spiro atoms. The minimum atomic E-state index is -0.280. The third-order valence-electron chi connectivity index (χ3n) is 4.03. The van der Waals surface area contributed by atoms with Crippen molar-refractivity contribution in [2.75, 3.05) is 0 Å². The number of nitrogens with zero attached hydrogens (tertiary/aromatic N) is 2. The molecule has 0 aliphatic carbocycles. The first-order valence-electron chi connectivity index (χ1n) is 8.47. The Morgan fingerprint density at radius 2 is 2.07 bits per heavy atom. The molecule has 0 unspecified atom stereocenters. The Balaban J connectivity index is 1.51. The number of carbonyl (C=O) groups excluding carboxylic acids is 1. The first-order chi connectivity index (χ1) is 13.2. The summed E-state index contributed by atoms with van der Waals surface area (Å²) in [7, 11) is 0. The van der Waals surface area contributed by atoms with E-state index in [-0.39, 0.29) is 11.2 Å². The van der Waals surface area contributed by atoms with Gasteiger partial charge < -0.3 is 9.73 Å². The van der Waals surface area contributed by atoms with Gasteiger partial charge in [-0.1, -0.05) is 42.1 Å². The quantitative estimate of drug-likeness (QED) is 0.377. The molecule has 3 aromatic heterocycles. The largest absolute Gasteiger partial charge is 0.467 e. The molecule has 0 saturated carbocycles. The summed E-state index contributed by atoms with van der Waals surface area (Å²) in [5.74, 6) is 0.678. The van der Waals surface area contributed by atoms with Crippen LogP contribution in [0.4, 0.5) is 0 Å². The van der Waals surface area contributed by atoms with Crippen LogP contribution in [0.15, 0.2) is 70.6 Å². The van der Waals surface area contributed by atoms with Crippen LogP contribution in [-0.2, 0) is 11.3 Å². The number of nitrogens with one attached hydrogen (secondary N) is 1. The Hall–Kier alpha value is -2.64. The molecule has 0 bridgehead atoms. The summed E-state index contributed by atoms with van der Waals surface area (Å²) in [6.07, 6.45) is 3.15. The summed E-state index contributed by atoms with van der Waals surface area (Å²) in [5, 5.41) is 4.41. The smallest absolute Gasteiger partial charge is 0.233 e. The molecular weight excluding hydrogens is 378 g/mol. The fourth-order valence-corrected chi connectivity index (χ4v) is 4.61. The summed E-state index contributed by atoms with van der Waals surface area (Å²) in [6, 6.07) is 15.9. The highest BCUT2D eigenvalue weighted by Crippen LogP contribution is 2.37. The SMILES string of the molecule is C[C@H](Sc1ncnc2sc(-c3ccccc3)cc12)C(=O)NCc1ccco1. The van der Waals surface area contributed by atoms with Gasteiger partial charge >= 0.3 is 0 Å². The van der Waals surface area contributed by atoms with Crippen molar-refractivity contribution >= 4 is 39.2 Å². The second-order valence-electron chi connectivity index (χ2n) is 5.93. The molecule has 7 heteroatoms. The summed E-state index contributed by atoms with van der Waals surface area (Å²) in [6.45, 7) is 2.26. The van der Waals surface area contributed by atoms with Gasteiger partial charge in [0.1, 0.15) is 21.9 Å². The van der Waals surface area contributed by atoms with E-state index in [2.05, 4.69) is 33.5 Å². The molecule has 1 N–H and O–H groups in total. The molecule has 0 fully saturated rings. The van der Waals surface area contributed by atoms with Gasteiger partial charge in [-0.15, -0.1) is 11.3 Å². The first kappa shape index (κ1) is 17.8. The van der Waals surface area contributed by atoms with Crippen LogP contribution < -0.4 is 5.32 Å². The van der Waals surface area contributed by atoms with Crippen molar-refractivity contribution in [1.29, 1.82) is 0 Å². The van der Waals surface area contributed by atoms with E-state index in [9.17, 15) is 4.79 Å². The van der Waals surface area contributed by atoms with Crippen LogP contribution in [0.25, 0.3) is 20.7 Å². The minimum Gasteiger partial charge on any atom is -0.467 e. The Morgan fingerprint density at radius 1 is 1.22 bits per heavy atom. The maximum Gasteiger partial charge on any atom is 0.233 e. The fraction of sp³-hybridized carbons (Fsp3) is 0.150. The van der Waals surface area contributed by atoms with Crippen LogP contribution in [0, 0.1) is 0 Å². The maximum absolute atomic E-state index is 12.4. The van der Waals surface area contributed by atoms with E-state index in [1.807, 2.05) is 31.2 Å². The van der Waals surface area contributed by atoms with Crippen molar-refractivity contribution in [1.82, 2.24) is 15.3 Å². The molecule has 136 valence electrons. The monoisotopic (exact) mass is 395 g/mol. The lowest BCUT2D eigenvalue weighted by molar-refractivity contribution is -0.120. The highest BCUT2D eigenvalue weighted by atomic mass is 32.2. The summed E-state index contributed by atoms with van der Waals surface area (Å²) < 4.78 is 5.24. The van der Waals surface area contributed by atoms with E-state index in [0.717, 1.165) is 31.4 Å². The van der Waals surface area contributed by atoms with Gasteiger partial charge in [-0.05, 0) is 30.7 Å². The van der Waals surface area contributed by atoms with Gasteiger partial charge in [0.05, 0.1) is 18.1 Å². The molecule has 1 aromatic carbocycles. The molecule has 27 heavy (non-hydrogen) atoms. The average molecular weight is 396 g/mol. The van der Waals surface area contributed by atoms with E-state index in [0.29, 0.717) is 6.54 Å². The fourth-order valence-electron chi connectivity index (χ4n) is 2.62. The van der Waals surface area contributed by atoms with E-state index in [1.54, 1.807) is 30.0 Å². The number of benzene rings is 1. The number of amides is 1. The van der Waals surface area contributed by atoms with Gasteiger partial charge in [0.25, 0.3) is 0 Å². The molecule has 3 heterocycles. The Kier molecular flexibility index (Phi) is 5.22. The van der Waals surface area contributed by atoms with Crippen LogP contribution in [0.3, 0.4) is 0 Å². The number of hydrogen-bond acceptors (Lipinski definition) is 6. The Bertz CT molecular complexity index is 1050. The Labute approximate surface area is 164 Å². The lowest BCUT2D eigenvalue weighted by Crippen LogP contribution is -2.30. The number of thiophene rings is 1. The molecular formula is C20H17N3O2S2. The third-order valence-corrected chi connectivity index (χ3v) is 6.23. The van der Waals surface area contributed by atoms with Crippen molar-refractivity contribution in [2.45, 2.75) is 23.7 Å². The van der Waals surface area contributed by atoms with E-state index in [1.165, 1.54) is 11.8 Å². The highest BCUT2D eigenvalue weighted by molar-refractivity contribution is 8.00. The molecule has 0 aliphatic heterocycles. The summed E-state index contributed by atoms with van der Waals surface area (Å²) in [5.41, 5.74) is 1.15. The van der Waals surface area contributed by atoms with Crippen LogP contribution in [0.1, 0.15) is 12.7 Å². The third kappa shape index (κ3) is 4.04. The van der Waals surface area contributed by atoms with Crippen molar-refractivity contribution in [3.05, 3.63) is 66.9 Å². The number of aromatic nitrogens is 2. The van der Waals surface area contributed by atoms with Gasteiger partial charge in [-0.25, -0.2) is 9.97 Å². The zero-order chi connectivity index (χ0) is 18.6. The molecule has 0 radical (unpaired) electrons. The second kappa shape index (κ2) is 7.94. The minimum absolute atomic E-state index is 0.0540. The molecule has 0 saturated heterocycles. The number of fused-ring (bicyclic) bond motifs is 1. The van der Waals surface area contributed by atoms with Crippen LogP contribution >= 0.6 is 23.1 Å². The van der Waals surface area contributed by atoms with Gasteiger partial charge in [0.2, 0.25) is 5.91 Å². The van der Waals surface area contributed by atoms with E-state index in [4.69, 9.17) is 4.42 Å². The number of rotatable bonds is 6. The normalized spacial score (nSPS) is 12.2. The molecule has 4 rings (SSSR count). The number of hydrogen-bond donors (Lipinski definition) is 1. The molecule has 1 amide bonds. The first-order valence-corrected chi connectivity index (χ1v) is 10.2. The van der Waals surface area contributed by atoms with E-state index >= 15 is 0 Å². The summed E-state index contributed by atoms with van der Waals surface area (Å²) >= 11 is 3.07. The lowest BCUT2D eigenvalue weighted by Gasteiger charge is -2.11. The second-order valence-corrected chi connectivity index (χ2v) is 8.29. The predicted molar refractivity (Wildman–Crippen MR) is 109 cm³/mol. The number of carbonyl (C=O) groups is 1. The molecule has 4 aromatic rings. The van der Waals surface area contributed by atoms with Gasteiger partial charge in [-0.2, -0.15) is 0 Å². The van der Waals surface area contributed by atoms with Gasteiger partial charge in [-0.3, -0.25) is 4.79 Å². The summed E-state index contributed by atoms with van der Waals surface area (Å²) in [4.78, 5) is 23.3. The van der Waals surface area contributed by atoms with Gasteiger partial charge in [0.15, 0.2) is 0 Å². The zero-order valence-electron chi connectivity index (χ0n) is 14.6. The standard InChI is InChI=1S/C20H17N3O2S2/c1-13(18(24)21-11-15-8-5-9-25-15)26-19-16-10-17(14-6-3-2-4-7-14)27-20(16)23-12-22-19/h2-10,12-13H,11H2,1H3,(H,21,24)/t13-/m0/s1. The molecule has 0 aliphatic rings. The van der Waals surface area contributed by atoms with Crippen molar-refractivity contribution in [2.24, 2.45) is 0 Å². The molecule has 1 atom stereocenters. The average Bonchev–Trinajstić information content (AvgIpc) is 3.37. The maximum atomic E-state index is 12.4. The van der Waals surface area contributed by atoms with Crippen LogP contribution in [-0.4, -0.2) is 21.1 Å².